The molecule has 724 valence electrons. The van der Waals surface area contributed by atoms with Gasteiger partial charge in [0, 0.05) is 173 Å². The van der Waals surface area contributed by atoms with Crippen LogP contribution in [0.4, 0.5) is 17.1 Å². The first-order valence-corrected chi connectivity index (χ1v) is 46.1. The molecule has 0 radical (unpaired) electrons. The largest absolute Gasteiger partial charge is 0.495 e. The lowest BCUT2D eigenvalue weighted by atomic mass is 9.90. The molecule has 1 aliphatic heterocycles. The molecule has 1 saturated heterocycles. The van der Waals surface area contributed by atoms with Crippen LogP contribution in [0.1, 0.15) is 121 Å². The van der Waals surface area contributed by atoms with Crippen molar-refractivity contribution in [1.29, 1.82) is 0 Å². The summed E-state index contributed by atoms with van der Waals surface area (Å²) in [5.74, 6) is -0.275. The van der Waals surface area contributed by atoms with Crippen LogP contribution in [0.25, 0.3) is 33.2 Å². The molecule has 4 aromatic carbocycles. The summed E-state index contributed by atoms with van der Waals surface area (Å²) in [6.45, 7) is 15.1. The summed E-state index contributed by atoms with van der Waals surface area (Å²) in [4.78, 5) is 119. The molecule has 3 aliphatic rings. The number of amides is 4. The maximum Gasteiger partial charge on any atom is 0.247 e. The zero-order valence-corrected chi connectivity index (χ0v) is 83.7. The number of benzene rings is 4. The molecule has 9 aromatic heterocycles. The van der Waals surface area contributed by atoms with Gasteiger partial charge in [0.1, 0.15) is 46.0 Å². The number of carbonyl (C=O) groups is 8. The van der Waals surface area contributed by atoms with Gasteiger partial charge in [-0.1, -0.05) is 119 Å². The number of hydrogen-bond acceptors (Lipinski definition) is 26. The van der Waals surface area contributed by atoms with E-state index in [-0.39, 0.29) is 144 Å². The summed E-state index contributed by atoms with van der Waals surface area (Å²) >= 11 is 52.7. The molecule has 140 heavy (non-hydrogen) atoms. The summed E-state index contributed by atoms with van der Waals surface area (Å²) in [5.41, 5.74) is 12.1. The number of methoxy groups -OCH3 is 8. The van der Waals surface area contributed by atoms with Crippen molar-refractivity contribution >= 4 is 201 Å². The molecule has 1 fully saturated rings. The van der Waals surface area contributed by atoms with E-state index < -0.39 is 5.78 Å². The maximum atomic E-state index is 13.4. The smallest absolute Gasteiger partial charge is 0.247 e. The fraction of sp³-hybridized carbons (Fsp3) is 0.222. The Labute approximate surface area is 846 Å². The molecule has 2 unspecified atom stereocenters. The second-order valence-corrected chi connectivity index (χ2v) is 35.4. The quantitative estimate of drug-likeness (QED) is 0.0225. The standard InChI is InChI=1S/C26H26Cl2N2O5.C25H22Cl2N4O4.C24H20Cl2N4O5.C24H20Cl2N4O4S/c1-4-22(31)30-19-5-6-35-13-17(19)10-18-9-14-7-15(8-16(14)12-29-18)26(32)23-24(27)20(33-2)11-21(34-3)25(23)28;1-5-21(32)29-18-12-31(2)30-17(18)9-16-8-13-6-14(7-15(13)11-28-16)25(33)22-23(26)19(34-3)10-20(35-4)24(22)27;2*1-5-20(31)28-15-11-30(2)29-14(15)8-13-6-12-7-18(35-19(12)10-27-13)24(32)21-22(25)16(33-3)9-17(34-4)23(21)26/h4,7,9,11-12,17,19H,1,5-6,8,10,13H2,2-3H3,(H,30,31);5-6,8,10-12H,1,7,9H2,2-4H3,(H,29,32);2*5-7,9-11H,1,8H2,2-4H3,(H,28,31). The average molecular weight is 2080 g/mol. The van der Waals surface area contributed by atoms with E-state index in [0.29, 0.717) is 142 Å². The number of ether oxygens (including phenoxy) is 9. The number of fused-ring (bicyclic) bond motifs is 4. The third-order valence-electron chi connectivity index (χ3n) is 22.3. The van der Waals surface area contributed by atoms with Gasteiger partial charge in [0.15, 0.2) is 22.9 Å². The van der Waals surface area contributed by atoms with Crippen LogP contribution in [0.5, 0.6) is 46.0 Å². The number of aromatic nitrogens is 10. The van der Waals surface area contributed by atoms with Gasteiger partial charge in [0.05, 0.1) is 176 Å². The summed E-state index contributed by atoms with van der Waals surface area (Å²) in [6.07, 6.45) is 23.7. The van der Waals surface area contributed by atoms with E-state index in [1.54, 1.807) is 109 Å². The van der Waals surface area contributed by atoms with Crippen molar-refractivity contribution in [2.45, 2.75) is 51.0 Å². The van der Waals surface area contributed by atoms with Gasteiger partial charge in [-0.05, 0) is 113 Å². The number of furan rings is 1. The number of pyridine rings is 4. The molecule has 2 atom stereocenters. The molecular weight excluding hydrogens is 1990 g/mol. The van der Waals surface area contributed by atoms with E-state index in [1.165, 1.54) is 111 Å². The zero-order valence-electron chi connectivity index (χ0n) is 76.9. The predicted molar refractivity (Wildman–Crippen MR) is 539 cm³/mol. The molecule has 10 heterocycles. The Hall–Kier alpha value is -13.7. The van der Waals surface area contributed by atoms with Crippen molar-refractivity contribution in [3.05, 3.63) is 301 Å². The second kappa shape index (κ2) is 45.9. The summed E-state index contributed by atoms with van der Waals surface area (Å²) in [7, 11) is 16.9. The van der Waals surface area contributed by atoms with Crippen LogP contribution in [-0.2, 0) is 83.6 Å². The molecule has 41 heteroatoms. The first kappa shape index (κ1) is 104. The number of thiophene rings is 1. The van der Waals surface area contributed by atoms with Gasteiger partial charge < -0.3 is 68.3 Å². The van der Waals surface area contributed by atoms with Crippen LogP contribution in [0, 0.1) is 5.92 Å². The van der Waals surface area contributed by atoms with Gasteiger partial charge in [-0.15, -0.1) is 11.3 Å². The number of halogens is 8. The molecule has 0 bridgehead atoms. The fourth-order valence-corrected chi connectivity index (χ4v) is 19.1. The number of anilines is 3. The van der Waals surface area contributed by atoms with Gasteiger partial charge in [-0.2, -0.15) is 15.3 Å². The minimum atomic E-state index is -0.533. The van der Waals surface area contributed by atoms with Crippen LogP contribution < -0.4 is 59.2 Å². The van der Waals surface area contributed by atoms with Gasteiger partial charge >= 0.3 is 0 Å². The van der Waals surface area contributed by atoms with Gasteiger partial charge in [-0.25, -0.2) is 0 Å². The highest BCUT2D eigenvalue weighted by Crippen LogP contribution is 2.48. The van der Waals surface area contributed by atoms with Crippen molar-refractivity contribution < 1.29 is 85.4 Å². The second-order valence-electron chi connectivity index (χ2n) is 31.3. The van der Waals surface area contributed by atoms with Crippen molar-refractivity contribution in [3.63, 3.8) is 0 Å². The Morgan fingerprint density at radius 3 is 1.17 bits per heavy atom. The van der Waals surface area contributed by atoms with Crippen LogP contribution in [-0.4, -0.2) is 172 Å². The highest BCUT2D eigenvalue weighted by atomic mass is 35.5. The maximum absolute atomic E-state index is 13.4. The number of carbonyl (C=O) groups excluding carboxylic acids is 8. The summed E-state index contributed by atoms with van der Waals surface area (Å²) in [6, 6.07) is 17.0. The SMILES string of the molecule is C=CC(=O)NC1CCOCC1Cc1cc2c(cn1)CC(C(=O)c1c(Cl)c(OC)cc(OC)c1Cl)=C2.C=CC(=O)Nc1cn(C)nc1Cc1cc2c(cn1)CC(C(=O)c1c(Cl)c(OC)cc(OC)c1Cl)=C2.C=CC(=O)Nc1cn(C)nc1Cc1cc2cc(C(=O)c3c(Cl)c(OC)cc(OC)c3Cl)oc2cn1.C=CC(=O)Nc1cn(C)nc1Cc1cc2cc(C(=O)c3c(Cl)c(OC)cc(OC)c3Cl)sc2cn1. The highest BCUT2D eigenvalue weighted by molar-refractivity contribution is 7.21. The van der Waals surface area contributed by atoms with Crippen molar-refractivity contribution in [3.8, 4) is 46.0 Å². The lowest BCUT2D eigenvalue weighted by molar-refractivity contribution is -0.118. The fourth-order valence-electron chi connectivity index (χ4n) is 15.4. The summed E-state index contributed by atoms with van der Waals surface area (Å²) < 4.78 is 59.2. The molecule has 4 amide bonds. The number of rotatable bonds is 32. The monoisotopic (exact) mass is 2070 g/mol. The van der Waals surface area contributed by atoms with E-state index in [2.05, 4.69) is 82.8 Å². The van der Waals surface area contributed by atoms with Crippen molar-refractivity contribution in [2.24, 2.45) is 27.1 Å². The lowest BCUT2D eigenvalue weighted by Crippen LogP contribution is -2.45. The van der Waals surface area contributed by atoms with E-state index in [9.17, 15) is 38.4 Å². The minimum Gasteiger partial charge on any atom is -0.495 e. The molecule has 2 aliphatic carbocycles. The molecule has 4 N–H and O–H groups in total. The first-order valence-electron chi connectivity index (χ1n) is 42.2. The first-order chi connectivity index (χ1) is 67.1. The van der Waals surface area contributed by atoms with Gasteiger partial charge in [0.25, 0.3) is 0 Å². The molecule has 13 aromatic rings. The van der Waals surface area contributed by atoms with Crippen molar-refractivity contribution in [2.75, 3.05) is 86.0 Å². The number of Topliss-reactive ketones (excluding diaryl/α,β-unsaturated/α-hetero) is 2. The Bertz CT molecular complexity index is 6910. The Kier molecular flexibility index (Phi) is 34.0. The minimum absolute atomic E-state index is 0.00728. The number of allylic oxidation sites excluding steroid dienone is 2. The lowest BCUT2D eigenvalue weighted by Gasteiger charge is -2.31. The Morgan fingerprint density at radius 2 is 0.779 bits per heavy atom. The molecular formula is C99H88Cl8N14O18S. The topological polar surface area (TPSA) is 386 Å². The van der Waals surface area contributed by atoms with E-state index >= 15 is 0 Å². The molecule has 16 rings (SSSR count). The van der Waals surface area contributed by atoms with E-state index in [0.717, 1.165) is 55.8 Å². The average Bonchev–Trinajstić information content (AvgIpc) is 1.47. The number of nitrogens with zero attached hydrogens (tertiary/aromatic N) is 10. The molecule has 0 spiro atoms. The van der Waals surface area contributed by atoms with Crippen LogP contribution in [0.2, 0.25) is 40.2 Å². The highest BCUT2D eigenvalue weighted by Gasteiger charge is 2.35. The number of ketones is 4. The summed E-state index contributed by atoms with van der Waals surface area (Å²) in [5, 5.41) is 26.8. The normalized spacial score (nSPS) is 13.2. The zero-order chi connectivity index (χ0) is 101. The number of nitrogens with one attached hydrogen (secondary N) is 4. The Morgan fingerprint density at radius 1 is 0.429 bits per heavy atom. The van der Waals surface area contributed by atoms with Crippen molar-refractivity contribution in [1.82, 2.24) is 54.6 Å². The van der Waals surface area contributed by atoms with Crippen LogP contribution in [0.15, 0.2) is 170 Å². The molecule has 32 nitrogen and oxygen atoms in total. The van der Waals surface area contributed by atoms with Crippen LogP contribution in [0.3, 0.4) is 0 Å². The van der Waals surface area contributed by atoms with Crippen LogP contribution >= 0.6 is 104 Å². The van der Waals surface area contributed by atoms with Gasteiger partial charge in [-0.3, -0.25) is 72.3 Å². The molecule has 0 saturated carbocycles. The van der Waals surface area contributed by atoms with E-state index in [1.807, 2.05) is 24.3 Å². The third kappa shape index (κ3) is 23.2. The Balaban J connectivity index is 0.000000157. The van der Waals surface area contributed by atoms with Gasteiger partial charge in [0.2, 0.25) is 35.2 Å². The number of hydrogen-bond donors (Lipinski definition) is 4. The van der Waals surface area contributed by atoms with E-state index in [4.69, 9.17) is 140 Å². The number of aryl methyl sites for hydroxylation is 3. The third-order valence-corrected chi connectivity index (χ3v) is 26.4. The predicted octanol–water partition coefficient (Wildman–Crippen LogP) is 19.3.